The summed E-state index contributed by atoms with van der Waals surface area (Å²) >= 11 is 0. The van der Waals surface area contributed by atoms with Crippen LogP contribution in [0.25, 0.3) is 5.69 Å². The van der Waals surface area contributed by atoms with E-state index >= 15 is 0 Å². The first-order valence-corrected chi connectivity index (χ1v) is 7.93. The molecule has 0 amide bonds. The number of benzene rings is 1. The number of ether oxygens (including phenoxy) is 3. The number of para-hydroxylation sites is 2. The van der Waals surface area contributed by atoms with Gasteiger partial charge in [0.1, 0.15) is 5.75 Å². The molecule has 8 nitrogen and oxygen atoms in total. The molecule has 0 atom stereocenters. The summed E-state index contributed by atoms with van der Waals surface area (Å²) in [5, 5.41) is 19.9. The lowest BCUT2D eigenvalue weighted by atomic mass is 10.2. The third-order valence-corrected chi connectivity index (χ3v) is 3.38. The molecule has 0 aliphatic rings. The second kappa shape index (κ2) is 9.97. The van der Waals surface area contributed by atoms with Crippen LogP contribution in [0.1, 0.15) is 30.0 Å². The number of carbonyl (C=O) groups excluding carboxylic acids is 2. The lowest BCUT2D eigenvalue weighted by Crippen LogP contribution is -2.12. The summed E-state index contributed by atoms with van der Waals surface area (Å²) in [7, 11) is 1.50. The van der Waals surface area contributed by atoms with Crippen molar-refractivity contribution in [3.05, 3.63) is 35.7 Å². The molecule has 0 spiro atoms. The first kappa shape index (κ1) is 20.9. The van der Waals surface area contributed by atoms with Crippen LogP contribution in [-0.4, -0.2) is 47.5 Å². The quantitative estimate of drug-likeness (QED) is 0.598. The average Bonchev–Trinajstić information content (AvgIpc) is 2.87. The summed E-state index contributed by atoms with van der Waals surface area (Å²) in [5.41, 5.74) is 0.715. The standard InChI is InChI=1S/C15H17NO5.C3H6O2/c1-4-21-15(19)12-14(18)13(17)9(2)16(12)10-7-5-6-8-11(10)20-3;1-2-5-3-4/h5-8,17-18H,4H2,1-3H3;3H,2H2,1H3. The van der Waals surface area contributed by atoms with Crippen LogP contribution in [-0.2, 0) is 14.3 Å². The Bertz CT molecular complexity index is 752. The molecule has 8 heteroatoms. The summed E-state index contributed by atoms with van der Waals surface area (Å²) in [4.78, 5) is 21.3. The van der Waals surface area contributed by atoms with Gasteiger partial charge in [0.15, 0.2) is 17.2 Å². The molecule has 0 bridgehead atoms. The van der Waals surface area contributed by atoms with Gasteiger partial charge in [-0.1, -0.05) is 12.1 Å². The van der Waals surface area contributed by atoms with Crippen molar-refractivity contribution >= 4 is 12.4 Å². The van der Waals surface area contributed by atoms with Gasteiger partial charge in [-0.2, -0.15) is 0 Å². The predicted molar refractivity (Wildman–Crippen MR) is 94.0 cm³/mol. The highest BCUT2D eigenvalue weighted by atomic mass is 16.5. The van der Waals surface area contributed by atoms with Crippen molar-refractivity contribution in [1.82, 2.24) is 4.57 Å². The van der Waals surface area contributed by atoms with Crippen molar-refractivity contribution in [1.29, 1.82) is 0 Å². The van der Waals surface area contributed by atoms with Crippen LogP contribution in [0, 0.1) is 6.92 Å². The molecule has 0 aliphatic heterocycles. The molecule has 0 aliphatic carbocycles. The topological polar surface area (TPSA) is 107 Å². The van der Waals surface area contributed by atoms with Crippen LogP contribution in [0.2, 0.25) is 0 Å². The number of aromatic hydroxyl groups is 2. The van der Waals surface area contributed by atoms with Crippen molar-refractivity contribution in [2.75, 3.05) is 20.3 Å². The number of carbonyl (C=O) groups is 2. The van der Waals surface area contributed by atoms with E-state index in [1.165, 1.54) is 11.7 Å². The molecule has 26 heavy (non-hydrogen) atoms. The maximum absolute atomic E-state index is 12.1. The summed E-state index contributed by atoms with van der Waals surface area (Å²) < 4.78 is 15.8. The molecule has 2 N–H and O–H groups in total. The lowest BCUT2D eigenvalue weighted by Gasteiger charge is -2.14. The summed E-state index contributed by atoms with van der Waals surface area (Å²) in [6, 6.07) is 6.98. The number of hydrogen-bond donors (Lipinski definition) is 2. The number of methoxy groups -OCH3 is 1. The Morgan fingerprint density at radius 3 is 2.31 bits per heavy atom. The number of hydrogen-bond acceptors (Lipinski definition) is 7. The fourth-order valence-electron chi connectivity index (χ4n) is 2.23. The van der Waals surface area contributed by atoms with Gasteiger partial charge in [-0.25, -0.2) is 4.79 Å². The van der Waals surface area contributed by atoms with Gasteiger partial charge in [0.2, 0.25) is 0 Å². The number of aromatic nitrogens is 1. The van der Waals surface area contributed by atoms with E-state index in [1.807, 2.05) is 0 Å². The van der Waals surface area contributed by atoms with E-state index in [0.29, 0.717) is 30.2 Å². The van der Waals surface area contributed by atoms with E-state index in [2.05, 4.69) is 4.74 Å². The first-order chi connectivity index (χ1) is 12.4. The highest BCUT2D eigenvalue weighted by Crippen LogP contribution is 2.39. The van der Waals surface area contributed by atoms with Crippen LogP contribution >= 0.6 is 0 Å². The molecule has 0 radical (unpaired) electrons. The Hall–Kier alpha value is -3.16. The zero-order valence-corrected chi connectivity index (χ0v) is 15.2. The van der Waals surface area contributed by atoms with Crippen LogP contribution in [0.15, 0.2) is 24.3 Å². The minimum absolute atomic E-state index is 0.128. The monoisotopic (exact) mass is 365 g/mol. The highest BCUT2D eigenvalue weighted by molar-refractivity contribution is 5.93. The maximum Gasteiger partial charge on any atom is 0.359 e. The van der Waals surface area contributed by atoms with Crippen molar-refractivity contribution in [3.8, 4) is 22.9 Å². The summed E-state index contributed by atoms with van der Waals surface area (Å²) in [6.07, 6.45) is 0. The summed E-state index contributed by atoms with van der Waals surface area (Å²) in [5.74, 6) is -1.08. The minimum atomic E-state index is -0.718. The maximum atomic E-state index is 12.1. The van der Waals surface area contributed by atoms with E-state index in [9.17, 15) is 19.8 Å². The van der Waals surface area contributed by atoms with Gasteiger partial charge in [-0.3, -0.25) is 9.36 Å². The molecule has 2 aromatic rings. The molecule has 142 valence electrons. The normalized spacial score (nSPS) is 9.69. The molecule has 0 saturated heterocycles. The zero-order valence-electron chi connectivity index (χ0n) is 15.2. The van der Waals surface area contributed by atoms with Crippen molar-refractivity contribution in [2.24, 2.45) is 0 Å². The summed E-state index contributed by atoms with van der Waals surface area (Å²) in [6.45, 7) is 6.08. The fourth-order valence-corrected chi connectivity index (χ4v) is 2.23. The van der Waals surface area contributed by atoms with Gasteiger partial charge in [0.25, 0.3) is 6.47 Å². The largest absolute Gasteiger partial charge is 0.503 e. The second-order valence-corrected chi connectivity index (χ2v) is 4.91. The number of esters is 1. The van der Waals surface area contributed by atoms with Crippen molar-refractivity contribution in [3.63, 3.8) is 0 Å². The highest BCUT2D eigenvalue weighted by Gasteiger charge is 2.28. The van der Waals surface area contributed by atoms with Crippen LogP contribution in [0.3, 0.4) is 0 Å². The Morgan fingerprint density at radius 1 is 1.15 bits per heavy atom. The van der Waals surface area contributed by atoms with E-state index in [-0.39, 0.29) is 18.1 Å². The van der Waals surface area contributed by atoms with Gasteiger partial charge >= 0.3 is 5.97 Å². The average molecular weight is 365 g/mol. The van der Waals surface area contributed by atoms with E-state index in [0.717, 1.165) is 0 Å². The number of nitrogens with zero attached hydrogens (tertiary/aromatic N) is 1. The van der Waals surface area contributed by atoms with Gasteiger partial charge < -0.3 is 24.4 Å². The third-order valence-electron chi connectivity index (χ3n) is 3.38. The first-order valence-electron chi connectivity index (χ1n) is 7.93. The van der Waals surface area contributed by atoms with Crippen LogP contribution < -0.4 is 4.74 Å². The second-order valence-electron chi connectivity index (χ2n) is 4.91. The van der Waals surface area contributed by atoms with Gasteiger partial charge in [-0.05, 0) is 32.9 Å². The molecule has 0 fully saturated rings. The Balaban J connectivity index is 0.000000597. The Morgan fingerprint density at radius 2 is 1.81 bits per heavy atom. The SMILES string of the molecule is CCOC(=O)c1c(O)c(O)c(C)n1-c1ccccc1OC.CCOC=O. The van der Waals surface area contributed by atoms with Gasteiger partial charge in [0, 0.05) is 0 Å². The number of rotatable bonds is 6. The van der Waals surface area contributed by atoms with Crippen molar-refractivity contribution < 1.29 is 34.0 Å². The Labute approximate surface area is 151 Å². The molecule has 1 aromatic heterocycles. The van der Waals surface area contributed by atoms with E-state index < -0.39 is 11.7 Å². The minimum Gasteiger partial charge on any atom is -0.503 e. The molecule has 0 saturated carbocycles. The van der Waals surface area contributed by atoms with E-state index in [1.54, 1.807) is 45.0 Å². The molecule has 1 aromatic carbocycles. The van der Waals surface area contributed by atoms with Gasteiger partial charge in [0.05, 0.1) is 31.7 Å². The molecular formula is C18H23NO7. The third kappa shape index (κ3) is 4.47. The molecular weight excluding hydrogens is 342 g/mol. The van der Waals surface area contributed by atoms with Crippen LogP contribution in [0.5, 0.6) is 17.2 Å². The van der Waals surface area contributed by atoms with Crippen LogP contribution in [0.4, 0.5) is 0 Å². The molecule has 2 rings (SSSR count). The Kier molecular flexibility index (Phi) is 8.01. The fraction of sp³-hybridized carbons (Fsp3) is 0.333. The smallest absolute Gasteiger partial charge is 0.359 e. The van der Waals surface area contributed by atoms with Crippen molar-refractivity contribution in [2.45, 2.75) is 20.8 Å². The lowest BCUT2D eigenvalue weighted by molar-refractivity contribution is -0.128. The van der Waals surface area contributed by atoms with Gasteiger partial charge in [-0.15, -0.1) is 0 Å². The zero-order chi connectivity index (χ0) is 19.7. The van der Waals surface area contributed by atoms with E-state index in [4.69, 9.17) is 9.47 Å². The molecule has 0 unspecified atom stereocenters. The molecule has 1 heterocycles. The predicted octanol–water partition coefficient (Wildman–Crippen LogP) is 2.56.